The Morgan fingerprint density at radius 1 is 1.13 bits per heavy atom. The number of hydrogen-bond acceptors (Lipinski definition) is 4. The van der Waals surface area contributed by atoms with Gasteiger partial charge in [-0.25, -0.2) is 0 Å². The van der Waals surface area contributed by atoms with Crippen molar-refractivity contribution in [2.24, 2.45) is 0 Å². The van der Waals surface area contributed by atoms with Crippen molar-refractivity contribution in [2.75, 3.05) is 26.3 Å². The van der Waals surface area contributed by atoms with Crippen molar-refractivity contribution in [3.8, 4) is 0 Å². The van der Waals surface area contributed by atoms with Gasteiger partial charge in [0, 0.05) is 19.5 Å². The Balaban J connectivity index is 1.68. The van der Waals surface area contributed by atoms with Crippen LogP contribution in [-0.2, 0) is 14.2 Å². The molecule has 0 radical (unpaired) electrons. The molecular formula is C11H17NO3. The third kappa shape index (κ3) is 1.84. The lowest BCUT2D eigenvalue weighted by Gasteiger charge is -2.37. The van der Waals surface area contributed by atoms with E-state index in [1.165, 1.54) is 18.5 Å². The van der Waals surface area contributed by atoms with E-state index in [0.717, 1.165) is 19.5 Å². The van der Waals surface area contributed by atoms with Crippen molar-refractivity contribution in [2.45, 2.75) is 31.7 Å². The highest BCUT2D eigenvalue weighted by atomic mass is 16.7. The summed E-state index contributed by atoms with van der Waals surface area (Å²) in [6, 6.07) is 0. The minimum absolute atomic E-state index is 0.0966. The maximum atomic E-state index is 5.65. The van der Waals surface area contributed by atoms with Crippen molar-refractivity contribution in [1.82, 2.24) is 4.90 Å². The van der Waals surface area contributed by atoms with Gasteiger partial charge >= 0.3 is 0 Å². The fourth-order valence-corrected chi connectivity index (χ4v) is 2.44. The summed E-state index contributed by atoms with van der Waals surface area (Å²) in [5.74, 6) is 0. The van der Waals surface area contributed by atoms with Crippen molar-refractivity contribution in [1.29, 1.82) is 0 Å². The lowest BCUT2D eigenvalue weighted by atomic mass is 10.1. The van der Waals surface area contributed by atoms with Gasteiger partial charge < -0.3 is 19.1 Å². The van der Waals surface area contributed by atoms with Gasteiger partial charge in [0.2, 0.25) is 6.29 Å². The molecule has 0 N–H and O–H groups in total. The van der Waals surface area contributed by atoms with E-state index in [1.807, 2.05) is 6.26 Å². The fourth-order valence-electron chi connectivity index (χ4n) is 2.44. The Labute approximate surface area is 89.8 Å². The first-order valence-electron chi connectivity index (χ1n) is 5.76. The van der Waals surface area contributed by atoms with E-state index < -0.39 is 0 Å². The second-order valence-electron chi connectivity index (χ2n) is 4.29. The molecule has 0 bridgehead atoms. The van der Waals surface area contributed by atoms with Gasteiger partial charge in [-0.15, -0.1) is 0 Å². The molecule has 0 aliphatic carbocycles. The van der Waals surface area contributed by atoms with E-state index in [-0.39, 0.29) is 12.4 Å². The SMILES string of the molecule is C1=C(N2CCCC2)C[C@@H]2OCCO[C@@H]2O1. The second-order valence-corrected chi connectivity index (χ2v) is 4.29. The molecule has 0 aromatic heterocycles. The topological polar surface area (TPSA) is 30.9 Å². The molecule has 15 heavy (non-hydrogen) atoms. The van der Waals surface area contributed by atoms with Gasteiger partial charge in [0.05, 0.1) is 18.9 Å². The van der Waals surface area contributed by atoms with E-state index in [9.17, 15) is 0 Å². The molecule has 0 unspecified atom stereocenters. The molecule has 3 aliphatic heterocycles. The molecule has 0 aromatic carbocycles. The standard InChI is InChI=1S/C11H17NO3/c1-2-4-12(3-1)9-7-10-11(15-8-9)14-6-5-13-10/h8,10-11H,1-7H2/t10-,11+/m0/s1. The Hall–Kier alpha value is -0.740. The van der Waals surface area contributed by atoms with Crippen LogP contribution in [0.4, 0.5) is 0 Å². The van der Waals surface area contributed by atoms with Crippen molar-refractivity contribution in [3.63, 3.8) is 0 Å². The van der Waals surface area contributed by atoms with Gasteiger partial charge in [0.25, 0.3) is 0 Å². The van der Waals surface area contributed by atoms with Crippen LogP contribution in [0.5, 0.6) is 0 Å². The first-order chi connectivity index (χ1) is 7.43. The smallest absolute Gasteiger partial charge is 0.226 e. The minimum Gasteiger partial charge on any atom is -0.468 e. The quantitative estimate of drug-likeness (QED) is 0.649. The molecule has 2 fully saturated rings. The second kappa shape index (κ2) is 4.02. The predicted molar refractivity (Wildman–Crippen MR) is 54.1 cm³/mol. The van der Waals surface area contributed by atoms with E-state index in [2.05, 4.69) is 4.90 Å². The summed E-state index contributed by atoms with van der Waals surface area (Å²) in [6.45, 7) is 3.66. The molecular weight excluding hydrogens is 194 g/mol. The summed E-state index contributed by atoms with van der Waals surface area (Å²) in [6.07, 6.45) is 5.31. The number of likely N-dealkylation sites (tertiary alicyclic amines) is 1. The lowest BCUT2D eigenvalue weighted by molar-refractivity contribution is -0.236. The molecule has 3 heterocycles. The highest BCUT2D eigenvalue weighted by molar-refractivity contribution is 5.05. The largest absolute Gasteiger partial charge is 0.468 e. The first kappa shape index (κ1) is 9.48. The molecule has 2 saturated heterocycles. The molecule has 0 spiro atoms. The summed E-state index contributed by atoms with van der Waals surface area (Å²) in [5, 5.41) is 0. The zero-order valence-electron chi connectivity index (χ0n) is 8.85. The van der Waals surface area contributed by atoms with Crippen LogP contribution in [0, 0.1) is 0 Å². The maximum Gasteiger partial charge on any atom is 0.226 e. The highest BCUT2D eigenvalue weighted by Gasteiger charge is 2.33. The van der Waals surface area contributed by atoms with Crippen LogP contribution < -0.4 is 0 Å². The molecule has 4 nitrogen and oxygen atoms in total. The molecule has 2 atom stereocenters. The van der Waals surface area contributed by atoms with E-state index in [0.29, 0.717) is 13.2 Å². The van der Waals surface area contributed by atoms with Gasteiger partial charge in [-0.1, -0.05) is 0 Å². The Bertz CT molecular complexity index is 261. The van der Waals surface area contributed by atoms with Crippen LogP contribution in [0.25, 0.3) is 0 Å². The number of rotatable bonds is 1. The molecule has 3 aliphatic rings. The molecule has 0 amide bonds. The average Bonchev–Trinajstić information content (AvgIpc) is 2.82. The van der Waals surface area contributed by atoms with Crippen molar-refractivity contribution >= 4 is 0 Å². The Kier molecular flexibility index (Phi) is 2.54. The van der Waals surface area contributed by atoms with Gasteiger partial charge in [0.15, 0.2) is 0 Å². The first-order valence-corrected chi connectivity index (χ1v) is 5.76. The van der Waals surface area contributed by atoms with Crippen LogP contribution >= 0.6 is 0 Å². The fraction of sp³-hybridized carbons (Fsp3) is 0.818. The molecule has 0 saturated carbocycles. The third-order valence-corrected chi connectivity index (χ3v) is 3.26. The summed E-state index contributed by atoms with van der Waals surface area (Å²) in [4.78, 5) is 2.40. The van der Waals surface area contributed by atoms with Gasteiger partial charge in [-0.3, -0.25) is 0 Å². The van der Waals surface area contributed by atoms with Gasteiger partial charge in [-0.2, -0.15) is 0 Å². The zero-order chi connectivity index (χ0) is 10.1. The summed E-state index contributed by atoms with van der Waals surface area (Å²) in [7, 11) is 0. The molecule has 84 valence electrons. The number of ether oxygens (including phenoxy) is 3. The minimum atomic E-state index is -0.176. The lowest BCUT2D eigenvalue weighted by Crippen LogP contribution is -2.43. The van der Waals surface area contributed by atoms with Crippen molar-refractivity contribution < 1.29 is 14.2 Å². The maximum absolute atomic E-state index is 5.65. The van der Waals surface area contributed by atoms with Crippen LogP contribution in [0.2, 0.25) is 0 Å². The predicted octanol–water partition coefficient (Wildman–Crippen LogP) is 1.09. The van der Waals surface area contributed by atoms with E-state index >= 15 is 0 Å². The summed E-state index contributed by atoms with van der Waals surface area (Å²) >= 11 is 0. The zero-order valence-corrected chi connectivity index (χ0v) is 8.85. The number of fused-ring (bicyclic) bond motifs is 1. The highest BCUT2D eigenvalue weighted by Crippen LogP contribution is 2.28. The summed E-state index contributed by atoms with van der Waals surface area (Å²) in [5.41, 5.74) is 1.28. The number of hydrogen-bond donors (Lipinski definition) is 0. The van der Waals surface area contributed by atoms with E-state index in [1.54, 1.807) is 0 Å². The van der Waals surface area contributed by atoms with Crippen LogP contribution in [0.15, 0.2) is 12.0 Å². The van der Waals surface area contributed by atoms with Crippen LogP contribution in [0.1, 0.15) is 19.3 Å². The monoisotopic (exact) mass is 211 g/mol. The van der Waals surface area contributed by atoms with Crippen molar-refractivity contribution in [3.05, 3.63) is 12.0 Å². The van der Waals surface area contributed by atoms with Gasteiger partial charge in [0.1, 0.15) is 12.4 Å². The molecule has 4 heteroatoms. The van der Waals surface area contributed by atoms with Crippen LogP contribution in [0.3, 0.4) is 0 Å². The van der Waals surface area contributed by atoms with Gasteiger partial charge in [-0.05, 0) is 12.8 Å². The summed E-state index contributed by atoms with van der Waals surface area (Å²) < 4.78 is 16.7. The number of nitrogens with zero attached hydrogens (tertiary/aromatic N) is 1. The van der Waals surface area contributed by atoms with E-state index in [4.69, 9.17) is 14.2 Å². The third-order valence-electron chi connectivity index (χ3n) is 3.26. The Morgan fingerprint density at radius 3 is 2.80 bits per heavy atom. The normalized spacial score (nSPS) is 35.7. The average molecular weight is 211 g/mol. The Morgan fingerprint density at radius 2 is 1.93 bits per heavy atom. The van der Waals surface area contributed by atoms with Crippen LogP contribution in [-0.4, -0.2) is 43.6 Å². The molecule has 0 aromatic rings. The molecule has 3 rings (SSSR count).